The van der Waals surface area contributed by atoms with Crippen LogP contribution in [0.15, 0.2) is 59.5 Å². The van der Waals surface area contributed by atoms with Crippen LogP contribution in [0.25, 0.3) is 0 Å². The van der Waals surface area contributed by atoms with Crippen molar-refractivity contribution in [1.29, 1.82) is 0 Å². The number of ether oxygens (including phenoxy) is 4. The summed E-state index contributed by atoms with van der Waals surface area (Å²) in [7, 11) is 1.92. The van der Waals surface area contributed by atoms with Crippen molar-refractivity contribution in [2.24, 2.45) is 0 Å². The van der Waals surface area contributed by atoms with Gasteiger partial charge in [0.05, 0.1) is 38.1 Å². The quantitative estimate of drug-likeness (QED) is 0.322. The Hall–Kier alpha value is -4.05. The Bertz CT molecular complexity index is 1890. The number of aryl methyl sites for hydroxylation is 1. The van der Waals surface area contributed by atoms with Crippen LogP contribution in [-0.2, 0) is 29.9 Å². The third-order valence-electron chi connectivity index (χ3n) is 9.11. The lowest BCUT2D eigenvalue weighted by molar-refractivity contribution is -0.953. The maximum atomic E-state index is 15.5. The van der Waals surface area contributed by atoms with E-state index in [1.165, 1.54) is 46.6 Å². The molecule has 2 aliphatic rings. The van der Waals surface area contributed by atoms with Crippen molar-refractivity contribution < 1.29 is 54.6 Å². The molecule has 0 bridgehead atoms. The fourth-order valence-electron chi connectivity index (χ4n) is 7.03. The molecule has 0 aliphatic carbocycles. The number of alkyl halides is 3. The molecular formula is C32H34ClF3N3O8S+. The van der Waals surface area contributed by atoms with Gasteiger partial charge in [0.2, 0.25) is 5.54 Å². The van der Waals surface area contributed by atoms with Gasteiger partial charge in [-0.2, -0.15) is 4.31 Å². The van der Waals surface area contributed by atoms with Crippen LogP contribution in [0.2, 0.25) is 5.02 Å². The number of sulfonamides is 1. The summed E-state index contributed by atoms with van der Waals surface area (Å²) in [4.78, 5) is 28.2. The van der Waals surface area contributed by atoms with Gasteiger partial charge in [-0.1, -0.05) is 23.2 Å². The second kappa shape index (κ2) is 12.4. The Morgan fingerprint density at radius 1 is 1.02 bits per heavy atom. The number of amides is 2. The zero-order valence-corrected chi connectivity index (χ0v) is 28.4. The predicted octanol–water partition coefficient (Wildman–Crippen LogP) is 4.52. The van der Waals surface area contributed by atoms with E-state index in [0.29, 0.717) is 9.87 Å². The van der Waals surface area contributed by atoms with E-state index in [1.807, 2.05) is 0 Å². The Morgan fingerprint density at radius 3 is 2.33 bits per heavy atom. The number of hydrogen-bond acceptors (Lipinski definition) is 8. The van der Waals surface area contributed by atoms with Crippen LogP contribution < -0.4 is 23.8 Å². The summed E-state index contributed by atoms with van der Waals surface area (Å²) >= 11 is 6.55. The average molecular weight is 713 g/mol. The topological polar surface area (TPSA) is 120 Å². The average Bonchev–Trinajstić information content (AvgIpc) is 3.51. The smallest absolute Gasteiger partial charge is 0.497 e. The van der Waals surface area contributed by atoms with Crippen molar-refractivity contribution in [3.8, 4) is 17.2 Å². The number of carbonyl (C=O) groups excluding carboxylic acids is 2. The molecule has 4 atom stereocenters. The third kappa shape index (κ3) is 5.42. The second-order valence-electron chi connectivity index (χ2n) is 11.7. The first-order valence-electron chi connectivity index (χ1n) is 14.6. The molecule has 3 aromatic rings. The number of halogens is 4. The number of rotatable bonds is 9. The molecule has 1 fully saturated rings. The van der Waals surface area contributed by atoms with E-state index in [0.717, 1.165) is 18.2 Å². The number of nitrogens with zero attached hydrogens (tertiary/aromatic N) is 2. The minimum atomic E-state index is -5.29. The molecule has 258 valence electrons. The molecule has 1 saturated heterocycles. The van der Waals surface area contributed by atoms with Crippen LogP contribution in [-0.4, -0.2) is 85.2 Å². The first kappa shape index (κ1) is 35.3. The van der Waals surface area contributed by atoms with Gasteiger partial charge < -0.3 is 24.3 Å². The van der Waals surface area contributed by atoms with Crippen LogP contribution >= 0.6 is 11.6 Å². The molecule has 2 unspecified atom stereocenters. The highest BCUT2D eigenvalue weighted by Gasteiger charge is 2.72. The standard InChI is InChI=1S/C32H33ClF3N3O8S/c1-18-7-11-26(46-6)23(13-18)31(39(3)17-21(45-5)15-25(39)29(40)37-2)22-14-19(33)8-10-24(22)38(30(31)41)48(42,43)28-12-9-20(44-4)16-27(28)47-32(34,35)36/h7-14,16,21,25H,15,17H2,1-6H3/p+1/t21-,25+,31?,39?/m1/s1. The fourth-order valence-corrected chi connectivity index (χ4v) is 8.76. The minimum Gasteiger partial charge on any atom is -0.497 e. The molecule has 0 spiro atoms. The molecule has 2 amide bonds. The second-order valence-corrected chi connectivity index (χ2v) is 13.9. The van der Waals surface area contributed by atoms with Crippen molar-refractivity contribution in [3.05, 3.63) is 76.3 Å². The van der Waals surface area contributed by atoms with Crippen LogP contribution in [0.1, 0.15) is 23.1 Å². The third-order valence-corrected chi connectivity index (χ3v) is 11.1. The summed E-state index contributed by atoms with van der Waals surface area (Å²) in [5.41, 5.74) is -1.27. The highest BCUT2D eigenvalue weighted by atomic mass is 35.5. The van der Waals surface area contributed by atoms with Crippen molar-refractivity contribution >= 4 is 39.1 Å². The molecule has 0 saturated carbocycles. The molecular weight excluding hydrogens is 679 g/mol. The van der Waals surface area contributed by atoms with Gasteiger partial charge in [-0.15, -0.1) is 13.2 Å². The van der Waals surface area contributed by atoms with Crippen molar-refractivity contribution in [1.82, 2.24) is 5.32 Å². The Labute approximate surface area is 280 Å². The fraction of sp³-hybridized carbons (Fsp3) is 0.375. The van der Waals surface area contributed by atoms with E-state index in [1.54, 1.807) is 32.2 Å². The molecule has 48 heavy (non-hydrogen) atoms. The van der Waals surface area contributed by atoms with Gasteiger partial charge in [0.25, 0.3) is 15.9 Å². The lowest BCUT2D eigenvalue weighted by Gasteiger charge is -2.48. The normalized spacial score (nSPS) is 24.0. The maximum Gasteiger partial charge on any atom is 0.573 e. The molecule has 16 heteroatoms. The van der Waals surface area contributed by atoms with Gasteiger partial charge >= 0.3 is 12.3 Å². The molecule has 1 N–H and O–H groups in total. The molecule has 2 heterocycles. The number of fused-ring (bicyclic) bond motifs is 1. The van der Waals surface area contributed by atoms with Gasteiger partial charge in [-0.25, -0.2) is 8.42 Å². The number of benzene rings is 3. The zero-order chi connectivity index (χ0) is 35.4. The summed E-state index contributed by atoms with van der Waals surface area (Å²) in [5.74, 6) is -2.57. The molecule has 5 rings (SSSR count). The van der Waals surface area contributed by atoms with Gasteiger partial charge in [0.15, 0.2) is 11.8 Å². The van der Waals surface area contributed by atoms with E-state index in [2.05, 4.69) is 10.1 Å². The summed E-state index contributed by atoms with van der Waals surface area (Å²) in [5, 5.41) is 2.78. The molecule has 0 aromatic heterocycles. The minimum absolute atomic E-state index is 0.0439. The SMILES string of the molecule is CNC(=O)[C@@H]1C[C@@H](OC)C[N+]1(C)C1(c2cc(C)ccc2OC)C(=O)N(S(=O)(=O)c2ccc(OC)cc2OC(F)(F)F)c2ccc(Cl)cc21. The summed E-state index contributed by atoms with van der Waals surface area (Å²) in [6, 6.07) is 10.9. The highest BCUT2D eigenvalue weighted by Crippen LogP contribution is 2.58. The monoisotopic (exact) mass is 712 g/mol. The lowest BCUT2D eigenvalue weighted by atomic mass is 9.78. The Balaban J connectivity index is 1.91. The number of methoxy groups -OCH3 is 3. The molecule has 11 nitrogen and oxygen atoms in total. The van der Waals surface area contributed by atoms with E-state index in [4.69, 9.17) is 25.8 Å². The summed E-state index contributed by atoms with van der Waals surface area (Å²) < 4.78 is 90.9. The summed E-state index contributed by atoms with van der Waals surface area (Å²) in [6.45, 7) is 1.81. The largest absolute Gasteiger partial charge is 0.573 e. The van der Waals surface area contributed by atoms with Crippen LogP contribution in [0.3, 0.4) is 0 Å². The molecule has 3 aromatic carbocycles. The van der Waals surface area contributed by atoms with Crippen LogP contribution in [0.5, 0.6) is 17.2 Å². The molecule has 0 radical (unpaired) electrons. The first-order chi connectivity index (χ1) is 22.5. The Kier molecular flexibility index (Phi) is 9.14. The van der Waals surface area contributed by atoms with Gasteiger partial charge in [0, 0.05) is 31.7 Å². The predicted molar refractivity (Wildman–Crippen MR) is 169 cm³/mol. The lowest BCUT2D eigenvalue weighted by Crippen LogP contribution is -2.69. The van der Waals surface area contributed by atoms with Gasteiger partial charge in [-0.3, -0.25) is 14.1 Å². The summed E-state index contributed by atoms with van der Waals surface area (Å²) in [6.07, 6.45) is -5.69. The van der Waals surface area contributed by atoms with Gasteiger partial charge in [0.1, 0.15) is 29.0 Å². The van der Waals surface area contributed by atoms with Crippen molar-refractivity contribution in [2.45, 2.75) is 42.3 Å². The first-order valence-corrected chi connectivity index (χ1v) is 16.4. The number of carbonyl (C=O) groups is 2. The van der Waals surface area contributed by atoms with E-state index in [9.17, 15) is 26.4 Å². The maximum absolute atomic E-state index is 15.5. The number of nitrogens with one attached hydrogen (secondary N) is 1. The van der Waals surface area contributed by atoms with Crippen LogP contribution in [0.4, 0.5) is 18.9 Å². The van der Waals surface area contributed by atoms with Crippen molar-refractivity contribution in [3.63, 3.8) is 0 Å². The van der Waals surface area contributed by atoms with Crippen molar-refractivity contribution in [2.75, 3.05) is 46.3 Å². The van der Waals surface area contributed by atoms with E-state index in [-0.39, 0.29) is 46.3 Å². The number of likely N-dealkylation sites (N-methyl/N-ethyl adjacent to an activating group) is 2. The number of hydrogen-bond donors (Lipinski definition) is 1. The highest BCUT2D eigenvalue weighted by molar-refractivity contribution is 7.93. The van der Waals surface area contributed by atoms with E-state index < -0.39 is 61.0 Å². The van der Waals surface area contributed by atoms with Crippen LogP contribution in [0, 0.1) is 6.92 Å². The van der Waals surface area contributed by atoms with Gasteiger partial charge in [-0.05, 0) is 49.4 Å². The Morgan fingerprint density at radius 2 is 1.73 bits per heavy atom. The number of quaternary nitrogens is 1. The number of anilines is 1. The zero-order valence-electron chi connectivity index (χ0n) is 26.8. The molecule has 2 aliphatic heterocycles. The number of likely N-dealkylation sites (tertiary alicyclic amines) is 1. The van der Waals surface area contributed by atoms with E-state index >= 15 is 4.79 Å².